The van der Waals surface area contributed by atoms with Gasteiger partial charge in [-0.1, -0.05) is 37.6 Å². The van der Waals surface area contributed by atoms with E-state index in [0.717, 1.165) is 5.56 Å². The number of benzene rings is 1. The van der Waals surface area contributed by atoms with Crippen LogP contribution in [0.3, 0.4) is 0 Å². The number of carbonyl (C=O) groups is 2. The fourth-order valence-electron chi connectivity index (χ4n) is 2.75. The van der Waals surface area contributed by atoms with Crippen molar-refractivity contribution in [1.29, 1.82) is 0 Å². The van der Waals surface area contributed by atoms with Crippen molar-refractivity contribution in [3.05, 3.63) is 34.9 Å². The summed E-state index contributed by atoms with van der Waals surface area (Å²) >= 11 is 5.89. The number of halogens is 1. The first-order valence-electron chi connectivity index (χ1n) is 7.63. The molecule has 0 spiro atoms. The Morgan fingerprint density at radius 3 is 2.57 bits per heavy atom. The van der Waals surface area contributed by atoms with Gasteiger partial charge in [-0.3, -0.25) is 9.59 Å². The van der Waals surface area contributed by atoms with E-state index in [4.69, 9.17) is 21.4 Å². The number of aliphatic carboxylic acids is 1. The van der Waals surface area contributed by atoms with Gasteiger partial charge in [0, 0.05) is 18.0 Å². The van der Waals surface area contributed by atoms with Gasteiger partial charge in [0.15, 0.2) is 0 Å². The maximum Gasteiger partial charge on any atom is 0.303 e. The lowest BCUT2D eigenvalue weighted by Crippen LogP contribution is -2.43. The van der Waals surface area contributed by atoms with Gasteiger partial charge >= 0.3 is 5.97 Å². The van der Waals surface area contributed by atoms with E-state index in [0.29, 0.717) is 24.7 Å². The molecule has 1 aromatic rings. The quantitative estimate of drug-likeness (QED) is 0.895. The third-order valence-corrected chi connectivity index (χ3v) is 4.17. The van der Waals surface area contributed by atoms with Crippen LogP contribution in [-0.4, -0.2) is 41.6 Å². The summed E-state index contributed by atoms with van der Waals surface area (Å²) in [6.45, 7) is 5.08. The number of nitrogens with zero attached hydrogens (tertiary/aromatic N) is 1. The van der Waals surface area contributed by atoms with E-state index < -0.39 is 11.4 Å². The first kappa shape index (κ1) is 17.8. The molecule has 1 atom stereocenters. The Morgan fingerprint density at radius 2 is 1.96 bits per heavy atom. The Morgan fingerprint density at radius 1 is 1.30 bits per heavy atom. The van der Waals surface area contributed by atoms with E-state index in [2.05, 4.69) is 0 Å². The van der Waals surface area contributed by atoms with Crippen LogP contribution in [0.15, 0.2) is 24.3 Å². The smallest absolute Gasteiger partial charge is 0.303 e. The first-order chi connectivity index (χ1) is 10.8. The highest BCUT2D eigenvalue weighted by molar-refractivity contribution is 6.30. The highest BCUT2D eigenvalue weighted by atomic mass is 35.5. The molecule has 6 heteroatoms. The van der Waals surface area contributed by atoms with Crippen LogP contribution < -0.4 is 0 Å². The topological polar surface area (TPSA) is 66.8 Å². The molecule has 0 saturated carbocycles. The minimum absolute atomic E-state index is 0.0241. The van der Waals surface area contributed by atoms with Crippen molar-refractivity contribution < 1.29 is 19.4 Å². The van der Waals surface area contributed by atoms with Crippen molar-refractivity contribution in [2.24, 2.45) is 5.41 Å². The number of hydrogen-bond donors (Lipinski definition) is 1. The lowest BCUT2D eigenvalue weighted by atomic mass is 9.85. The normalized spacial score (nSPS) is 18.7. The number of carboxylic acids is 1. The summed E-state index contributed by atoms with van der Waals surface area (Å²) in [6, 6.07) is 7.40. The molecule has 1 saturated heterocycles. The van der Waals surface area contributed by atoms with Crippen molar-refractivity contribution >= 4 is 23.5 Å². The first-order valence-corrected chi connectivity index (χ1v) is 8.01. The molecule has 126 valence electrons. The third kappa shape index (κ3) is 5.22. The molecule has 0 bridgehead atoms. The van der Waals surface area contributed by atoms with Gasteiger partial charge in [-0.2, -0.15) is 0 Å². The molecule has 1 aromatic carbocycles. The van der Waals surface area contributed by atoms with Gasteiger partial charge in [-0.05, 0) is 23.1 Å². The van der Waals surface area contributed by atoms with Crippen molar-refractivity contribution in [2.45, 2.75) is 32.8 Å². The molecule has 1 N–H and O–H groups in total. The van der Waals surface area contributed by atoms with Crippen LogP contribution in [0.2, 0.25) is 5.02 Å². The average molecular weight is 340 g/mol. The molecule has 1 aliphatic heterocycles. The van der Waals surface area contributed by atoms with Crippen molar-refractivity contribution in [3.63, 3.8) is 0 Å². The second-order valence-electron chi connectivity index (χ2n) is 6.66. The fourth-order valence-corrected chi connectivity index (χ4v) is 2.87. The van der Waals surface area contributed by atoms with Gasteiger partial charge in [0.05, 0.1) is 19.6 Å². The van der Waals surface area contributed by atoms with Gasteiger partial charge in [0.25, 0.3) is 0 Å². The molecule has 0 aromatic heterocycles. The number of hydrogen-bond acceptors (Lipinski definition) is 3. The number of carbonyl (C=O) groups excluding carboxylic acids is 1. The number of ether oxygens (including phenoxy) is 1. The van der Waals surface area contributed by atoms with Crippen LogP contribution >= 0.6 is 11.6 Å². The summed E-state index contributed by atoms with van der Waals surface area (Å²) < 4.78 is 5.75. The highest BCUT2D eigenvalue weighted by Gasteiger charge is 2.31. The average Bonchev–Trinajstić information content (AvgIpc) is 2.46. The van der Waals surface area contributed by atoms with E-state index in [9.17, 15) is 9.59 Å². The lowest BCUT2D eigenvalue weighted by molar-refractivity contribution is -0.143. The van der Waals surface area contributed by atoms with Crippen LogP contribution in [0.4, 0.5) is 0 Å². The minimum atomic E-state index is -0.885. The zero-order valence-corrected chi connectivity index (χ0v) is 14.2. The maximum absolute atomic E-state index is 12.5. The summed E-state index contributed by atoms with van der Waals surface area (Å²) in [5, 5.41) is 9.59. The van der Waals surface area contributed by atoms with E-state index in [1.54, 1.807) is 30.9 Å². The number of morpholine rings is 1. The molecule has 2 rings (SSSR count). The van der Waals surface area contributed by atoms with E-state index in [1.807, 2.05) is 12.1 Å². The molecule has 1 heterocycles. The van der Waals surface area contributed by atoms with Gasteiger partial charge in [0.2, 0.25) is 5.91 Å². The van der Waals surface area contributed by atoms with E-state index >= 15 is 0 Å². The molecule has 5 nitrogen and oxygen atoms in total. The lowest BCUT2D eigenvalue weighted by Gasteiger charge is -2.35. The molecule has 1 fully saturated rings. The minimum Gasteiger partial charge on any atom is -0.481 e. The van der Waals surface area contributed by atoms with E-state index in [1.165, 1.54) is 0 Å². The zero-order chi connectivity index (χ0) is 17.0. The van der Waals surface area contributed by atoms with Crippen LogP contribution in [0, 0.1) is 5.41 Å². The van der Waals surface area contributed by atoms with Gasteiger partial charge in [-0.25, -0.2) is 0 Å². The summed E-state index contributed by atoms with van der Waals surface area (Å²) in [7, 11) is 0. The molecule has 1 amide bonds. The maximum atomic E-state index is 12.5. The molecule has 1 aliphatic rings. The van der Waals surface area contributed by atoms with E-state index in [-0.39, 0.29) is 24.9 Å². The number of amides is 1. The Balaban J connectivity index is 1.99. The monoisotopic (exact) mass is 339 g/mol. The van der Waals surface area contributed by atoms with Gasteiger partial charge in [-0.15, -0.1) is 0 Å². The summed E-state index contributed by atoms with van der Waals surface area (Å²) in [6.07, 6.45) is 0.0172. The SMILES string of the molecule is CC(C)(CC(=O)O)CC(=O)N1CCO[C@H](c2ccc(Cl)cc2)C1. The molecule has 0 aliphatic carbocycles. The summed E-state index contributed by atoms with van der Waals surface area (Å²) in [5.41, 5.74) is 0.425. The van der Waals surface area contributed by atoms with Gasteiger partial charge in [0.1, 0.15) is 6.10 Å². The van der Waals surface area contributed by atoms with Crippen molar-refractivity contribution in [2.75, 3.05) is 19.7 Å². The predicted octanol–water partition coefficient (Wildman–Crippen LogP) is 3.13. The van der Waals surface area contributed by atoms with Gasteiger partial charge < -0.3 is 14.7 Å². The Hall–Kier alpha value is -1.59. The number of rotatable bonds is 5. The molecule has 0 unspecified atom stereocenters. The fraction of sp³-hybridized carbons (Fsp3) is 0.529. The number of carboxylic acid groups (broad SMARTS) is 1. The molecular weight excluding hydrogens is 318 g/mol. The third-order valence-electron chi connectivity index (χ3n) is 3.92. The van der Waals surface area contributed by atoms with Crippen molar-refractivity contribution in [1.82, 2.24) is 4.90 Å². The van der Waals surface area contributed by atoms with Crippen LogP contribution in [0.5, 0.6) is 0 Å². The molecule has 23 heavy (non-hydrogen) atoms. The Bertz CT molecular complexity index is 570. The molecule has 0 radical (unpaired) electrons. The largest absolute Gasteiger partial charge is 0.481 e. The standard InChI is InChI=1S/C17H22ClNO4/c1-17(2,10-16(21)22)9-15(20)19-7-8-23-14(11-19)12-3-5-13(18)6-4-12/h3-6,14H,7-11H2,1-2H3,(H,21,22)/t14-/m0/s1. The van der Waals surface area contributed by atoms with Crippen molar-refractivity contribution in [3.8, 4) is 0 Å². The Kier molecular flexibility index (Phi) is 5.65. The van der Waals surface area contributed by atoms with Crippen LogP contribution in [0.1, 0.15) is 38.4 Å². The Labute approximate surface area is 141 Å². The highest BCUT2D eigenvalue weighted by Crippen LogP contribution is 2.28. The second kappa shape index (κ2) is 7.32. The zero-order valence-electron chi connectivity index (χ0n) is 13.4. The predicted molar refractivity (Wildman–Crippen MR) is 87.4 cm³/mol. The molecular formula is C17H22ClNO4. The van der Waals surface area contributed by atoms with Crippen LogP contribution in [0.25, 0.3) is 0 Å². The van der Waals surface area contributed by atoms with Crippen LogP contribution in [-0.2, 0) is 14.3 Å². The summed E-state index contributed by atoms with van der Waals surface area (Å²) in [5.74, 6) is -0.915. The second-order valence-corrected chi connectivity index (χ2v) is 7.10. The summed E-state index contributed by atoms with van der Waals surface area (Å²) in [4.78, 5) is 25.1.